The molecule has 0 unspecified atom stereocenters. The number of carbonyl (C=O) groups excluding carboxylic acids is 2. The van der Waals surface area contributed by atoms with Gasteiger partial charge in [-0.2, -0.15) is 5.26 Å². The minimum Gasteiger partial charge on any atom is -0.493 e. The van der Waals surface area contributed by atoms with Gasteiger partial charge in [0.05, 0.1) is 12.0 Å². The van der Waals surface area contributed by atoms with Crippen LogP contribution < -0.4 is 20.1 Å². The number of nitriles is 1. The molecular weight excluding hydrogens is 452 g/mol. The second-order valence-electron chi connectivity index (χ2n) is 7.04. The number of para-hydroxylation sites is 1. The number of nitrogens with zero attached hydrogens (tertiary/aromatic N) is 2. The van der Waals surface area contributed by atoms with Crippen LogP contribution >= 0.6 is 0 Å². The Hall–Kier alpha value is -5.17. The van der Waals surface area contributed by atoms with E-state index in [0.29, 0.717) is 22.7 Å². The molecule has 0 spiro atoms. The molecule has 35 heavy (non-hydrogen) atoms. The standard InChI is InChI=1S/C25H20N4O6/c1-34-23-13-17(10-11-22(23)35-16-24(30)27-19-6-3-2-4-7-19)12-18(15-26)25(31)28-20-8-5-9-21(14-20)29(32)33/h2-14H,16H2,1H3,(H,27,30)(H,28,31)/b18-12+. The predicted molar refractivity (Wildman–Crippen MR) is 129 cm³/mol. The number of anilines is 2. The topological polar surface area (TPSA) is 144 Å². The van der Waals surface area contributed by atoms with Crippen LogP contribution in [0, 0.1) is 21.4 Å². The number of nitro groups is 1. The van der Waals surface area contributed by atoms with Gasteiger partial charge in [-0.3, -0.25) is 19.7 Å². The highest BCUT2D eigenvalue weighted by Gasteiger charge is 2.14. The minimum atomic E-state index is -0.732. The van der Waals surface area contributed by atoms with Crippen molar-refractivity contribution < 1.29 is 24.0 Å². The van der Waals surface area contributed by atoms with E-state index in [4.69, 9.17) is 9.47 Å². The number of benzene rings is 3. The van der Waals surface area contributed by atoms with Gasteiger partial charge in [0.2, 0.25) is 0 Å². The maximum atomic E-state index is 12.5. The van der Waals surface area contributed by atoms with Crippen molar-refractivity contribution >= 4 is 35.0 Å². The summed E-state index contributed by atoms with van der Waals surface area (Å²) in [5.74, 6) is -0.494. The van der Waals surface area contributed by atoms with Crippen LogP contribution in [0.2, 0.25) is 0 Å². The van der Waals surface area contributed by atoms with Gasteiger partial charge in [-0.25, -0.2) is 0 Å². The lowest BCUT2D eigenvalue weighted by Crippen LogP contribution is -2.20. The molecule has 10 nitrogen and oxygen atoms in total. The molecule has 0 fully saturated rings. The number of hydrogen-bond donors (Lipinski definition) is 2. The molecule has 0 aliphatic carbocycles. The highest BCUT2D eigenvalue weighted by Crippen LogP contribution is 2.29. The van der Waals surface area contributed by atoms with E-state index in [1.807, 2.05) is 12.1 Å². The summed E-state index contributed by atoms with van der Waals surface area (Å²) in [6, 6.07) is 20.8. The van der Waals surface area contributed by atoms with Crippen molar-refractivity contribution in [2.24, 2.45) is 0 Å². The third-order valence-corrected chi connectivity index (χ3v) is 4.59. The Morgan fingerprint density at radius 2 is 1.74 bits per heavy atom. The molecule has 3 rings (SSSR count). The third kappa shape index (κ3) is 6.90. The zero-order chi connectivity index (χ0) is 25.2. The van der Waals surface area contributed by atoms with Crippen molar-refractivity contribution in [1.82, 2.24) is 0 Å². The van der Waals surface area contributed by atoms with Gasteiger partial charge in [0.25, 0.3) is 17.5 Å². The number of nitro benzene ring substituents is 1. The van der Waals surface area contributed by atoms with E-state index in [1.165, 1.54) is 37.5 Å². The van der Waals surface area contributed by atoms with Gasteiger partial charge in [-0.1, -0.05) is 30.3 Å². The lowest BCUT2D eigenvalue weighted by Gasteiger charge is -2.12. The number of ether oxygens (including phenoxy) is 2. The SMILES string of the molecule is COc1cc(/C=C(\C#N)C(=O)Nc2cccc([N+](=O)[O-])c2)ccc1OCC(=O)Nc1ccccc1. The second kappa shape index (κ2) is 11.6. The van der Waals surface area contributed by atoms with E-state index in [0.717, 1.165) is 0 Å². The lowest BCUT2D eigenvalue weighted by atomic mass is 10.1. The van der Waals surface area contributed by atoms with E-state index in [2.05, 4.69) is 10.6 Å². The van der Waals surface area contributed by atoms with E-state index < -0.39 is 10.8 Å². The van der Waals surface area contributed by atoms with Gasteiger partial charge >= 0.3 is 0 Å². The Balaban J connectivity index is 1.69. The van der Waals surface area contributed by atoms with Crippen molar-refractivity contribution in [3.63, 3.8) is 0 Å². The quantitative estimate of drug-likeness (QED) is 0.206. The summed E-state index contributed by atoms with van der Waals surface area (Å²) in [5, 5.41) is 25.5. The van der Waals surface area contributed by atoms with Crippen LogP contribution in [0.25, 0.3) is 6.08 Å². The molecule has 0 saturated carbocycles. The average Bonchev–Trinajstić information content (AvgIpc) is 2.86. The largest absolute Gasteiger partial charge is 0.493 e. The number of rotatable bonds is 9. The summed E-state index contributed by atoms with van der Waals surface area (Å²) in [6.45, 7) is -0.254. The van der Waals surface area contributed by atoms with Crippen LogP contribution in [0.1, 0.15) is 5.56 Å². The first kappa shape index (κ1) is 24.5. The molecule has 0 bridgehead atoms. The van der Waals surface area contributed by atoms with Gasteiger partial charge in [0.1, 0.15) is 11.6 Å². The van der Waals surface area contributed by atoms with Crippen molar-refractivity contribution in [2.75, 3.05) is 24.4 Å². The first-order chi connectivity index (χ1) is 16.9. The Labute approximate surface area is 200 Å². The van der Waals surface area contributed by atoms with E-state index in [1.54, 1.807) is 42.5 Å². The van der Waals surface area contributed by atoms with Crippen molar-refractivity contribution in [1.29, 1.82) is 5.26 Å². The molecule has 0 atom stereocenters. The number of carbonyl (C=O) groups is 2. The maximum Gasteiger partial charge on any atom is 0.271 e. The third-order valence-electron chi connectivity index (χ3n) is 4.59. The van der Waals surface area contributed by atoms with Crippen LogP contribution in [0.4, 0.5) is 17.1 Å². The molecule has 0 aromatic heterocycles. The first-order valence-electron chi connectivity index (χ1n) is 10.2. The molecule has 2 amide bonds. The average molecular weight is 472 g/mol. The number of nitrogens with one attached hydrogen (secondary N) is 2. The van der Waals surface area contributed by atoms with Crippen LogP contribution in [0.15, 0.2) is 78.4 Å². The Kier molecular flexibility index (Phi) is 8.13. The number of hydrogen-bond acceptors (Lipinski definition) is 7. The zero-order valence-corrected chi connectivity index (χ0v) is 18.6. The van der Waals surface area contributed by atoms with E-state index >= 15 is 0 Å². The summed E-state index contributed by atoms with van der Waals surface area (Å²) < 4.78 is 10.9. The molecule has 3 aromatic carbocycles. The van der Waals surface area contributed by atoms with Gasteiger partial charge in [0, 0.05) is 23.5 Å². The van der Waals surface area contributed by atoms with Gasteiger partial charge in [0.15, 0.2) is 18.1 Å². The molecule has 2 N–H and O–H groups in total. The molecule has 176 valence electrons. The van der Waals surface area contributed by atoms with Crippen molar-refractivity contribution in [3.05, 3.63) is 94.0 Å². The Morgan fingerprint density at radius 3 is 2.43 bits per heavy atom. The molecule has 0 heterocycles. The fraction of sp³-hybridized carbons (Fsp3) is 0.0800. The minimum absolute atomic E-state index is 0.181. The molecule has 0 radical (unpaired) electrons. The molecule has 0 aliphatic rings. The fourth-order valence-corrected chi connectivity index (χ4v) is 2.97. The summed E-state index contributed by atoms with van der Waals surface area (Å²) in [5.41, 5.74) is 0.868. The number of amides is 2. The monoisotopic (exact) mass is 472 g/mol. The maximum absolute atomic E-state index is 12.5. The van der Waals surface area contributed by atoms with Crippen LogP contribution in [-0.4, -0.2) is 30.5 Å². The normalized spacial score (nSPS) is 10.6. The molecule has 10 heteroatoms. The lowest BCUT2D eigenvalue weighted by molar-refractivity contribution is -0.384. The second-order valence-corrected chi connectivity index (χ2v) is 7.04. The predicted octanol–water partition coefficient (Wildman–Crippen LogP) is 4.17. The van der Waals surface area contributed by atoms with Crippen molar-refractivity contribution in [3.8, 4) is 17.6 Å². The summed E-state index contributed by atoms with van der Waals surface area (Å²) in [7, 11) is 1.42. The fourth-order valence-electron chi connectivity index (χ4n) is 2.97. The summed E-state index contributed by atoms with van der Waals surface area (Å²) in [6.07, 6.45) is 1.33. The first-order valence-corrected chi connectivity index (χ1v) is 10.2. The van der Waals surface area contributed by atoms with Crippen molar-refractivity contribution in [2.45, 2.75) is 0 Å². The highest BCUT2D eigenvalue weighted by atomic mass is 16.6. The summed E-state index contributed by atoms with van der Waals surface area (Å²) >= 11 is 0. The molecule has 0 aliphatic heterocycles. The molecular formula is C25H20N4O6. The van der Waals surface area contributed by atoms with Gasteiger partial charge in [-0.15, -0.1) is 0 Å². The van der Waals surface area contributed by atoms with E-state index in [9.17, 15) is 25.0 Å². The summed E-state index contributed by atoms with van der Waals surface area (Å²) in [4.78, 5) is 34.9. The van der Waals surface area contributed by atoms with Crippen LogP contribution in [0.3, 0.4) is 0 Å². The number of non-ortho nitro benzene ring substituents is 1. The molecule has 0 saturated heterocycles. The smallest absolute Gasteiger partial charge is 0.271 e. The molecule has 3 aromatic rings. The van der Waals surface area contributed by atoms with E-state index in [-0.39, 0.29) is 29.5 Å². The van der Waals surface area contributed by atoms with Crippen LogP contribution in [0.5, 0.6) is 11.5 Å². The highest BCUT2D eigenvalue weighted by molar-refractivity contribution is 6.09. The number of methoxy groups -OCH3 is 1. The Morgan fingerprint density at radius 1 is 1.00 bits per heavy atom. The zero-order valence-electron chi connectivity index (χ0n) is 18.6. The van der Waals surface area contributed by atoms with Gasteiger partial charge in [-0.05, 0) is 42.0 Å². The van der Waals surface area contributed by atoms with Gasteiger partial charge < -0.3 is 20.1 Å². The Bertz CT molecular complexity index is 1320. The van der Waals surface area contributed by atoms with Crippen LogP contribution in [-0.2, 0) is 9.59 Å².